The molecule has 1 saturated heterocycles. The second kappa shape index (κ2) is 4.34. The second-order valence-corrected chi connectivity index (χ2v) is 4.48. The van der Waals surface area contributed by atoms with E-state index in [0.717, 1.165) is 0 Å². The van der Waals surface area contributed by atoms with E-state index in [-0.39, 0.29) is 18.8 Å². The smallest absolute Gasteiger partial charge is 0.266 e. The van der Waals surface area contributed by atoms with Crippen molar-refractivity contribution in [1.82, 2.24) is 4.90 Å². The number of aliphatic hydroxyl groups excluding tert-OH is 1. The first-order valence-corrected chi connectivity index (χ1v) is 5.55. The lowest BCUT2D eigenvalue weighted by Gasteiger charge is -2.29. The number of nitrogens with zero attached hydrogens (tertiary/aromatic N) is 1. The van der Waals surface area contributed by atoms with E-state index in [4.69, 9.17) is 14.4 Å². The lowest BCUT2D eigenvalue weighted by atomic mass is 10.4. The van der Waals surface area contributed by atoms with E-state index in [1.165, 1.54) is 0 Å². The third-order valence-electron chi connectivity index (χ3n) is 1.80. The molecule has 0 aromatic rings. The minimum absolute atomic E-state index is 0.221. The van der Waals surface area contributed by atoms with Crippen LogP contribution in [0.25, 0.3) is 0 Å². The van der Waals surface area contributed by atoms with Gasteiger partial charge in [-0.2, -0.15) is 8.42 Å². The van der Waals surface area contributed by atoms with Gasteiger partial charge in [-0.05, 0) is 0 Å². The van der Waals surface area contributed by atoms with Gasteiger partial charge in [-0.1, -0.05) is 0 Å². The molecule has 78 valence electrons. The molecule has 7 heteroatoms. The fourth-order valence-corrected chi connectivity index (χ4v) is 1.62. The first-order chi connectivity index (χ1) is 5.97. The zero-order valence-corrected chi connectivity index (χ0v) is 7.90. The largest absolute Gasteiger partial charge is 0.367 e. The van der Waals surface area contributed by atoms with Crippen LogP contribution >= 0.6 is 0 Å². The number of ether oxygens (including phenoxy) is 1. The van der Waals surface area contributed by atoms with E-state index in [0.29, 0.717) is 13.2 Å². The summed E-state index contributed by atoms with van der Waals surface area (Å²) in [6.45, 7) is 1.47. The molecule has 1 fully saturated rings. The standard InChI is InChI=1S/C6H13NO5S/c8-6-5-7(1-3-12-6)2-4-13(9,10)11/h6,8H,1-5H2,(H,9,10,11)/t6-/m0/s1. The van der Waals surface area contributed by atoms with E-state index in [1.807, 2.05) is 0 Å². The molecule has 1 atom stereocenters. The molecule has 1 rings (SSSR count). The molecule has 13 heavy (non-hydrogen) atoms. The fraction of sp³-hybridized carbons (Fsp3) is 1.00. The fourth-order valence-electron chi connectivity index (χ4n) is 1.13. The zero-order valence-electron chi connectivity index (χ0n) is 7.09. The summed E-state index contributed by atoms with van der Waals surface area (Å²) in [5.41, 5.74) is 0. The van der Waals surface area contributed by atoms with E-state index < -0.39 is 16.4 Å². The quantitative estimate of drug-likeness (QED) is 0.554. The summed E-state index contributed by atoms with van der Waals surface area (Å²) < 4.78 is 34.1. The van der Waals surface area contributed by atoms with Crippen LogP contribution in [0.3, 0.4) is 0 Å². The van der Waals surface area contributed by atoms with E-state index in [1.54, 1.807) is 4.90 Å². The van der Waals surface area contributed by atoms with Gasteiger partial charge >= 0.3 is 0 Å². The Bertz CT molecular complexity index is 252. The SMILES string of the molecule is O=S(=O)(O)CCN1CCO[C@H](O)C1. The summed E-state index contributed by atoms with van der Waals surface area (Å²) in [6, 6.07) is 0. The summed E-state index contributed by atoms with van der Waals surface area (Å²) >= 11 is 0. The third-order valence-corrected chi connectivity index (χ3v) is 2.50. The summed E-state index contributed by atoms with van der Waals surface area (Å²) in [6.07, 6.45) is -0.852. The van der Waals surface area contributed by atoms with Crippen LogP contribution in [0.2, 0.25) is 0 Å². The number of aliphatic hydroxyl groups is 1. The molecule has 1 aliphatic heterocycles. The summed E-state index contributed by atoms with van der Waals surface area (Å²) in [4.78, 5) is 1.72. The highest BCUT2D eigenvalue weighted by atomic mass is 32.2. The molecule has 0 saturated carbocycles. The minimum Gasteiger partial charge on any atom is -0.367 e. The molecule has 0 spiro atoms. The number of rotatable bonds is 3. The molecule has 0 aromatic carbocycles. The van der Waals surface area contributed by atoms with E-state index >= 15 is 0 Å². The van der Waals surface area contributed by atoms with Gasteiger partial charge < -0.3 is 9.84 Å². The zero-order chi connectivity index (χ0) is 9.90. The van der Waals surface area contributed by atoms with Gasteiger partial charge in [0.25, 0.3) is 10.1 Å². The number of β-amino-alcohol motifs (C(OH)–C–C–N with tert-alkyl or cyclic N) is 1. The average molecular weight is 211 g/mol. The summed E-state index contributed by atoms with van der Waals surface area (Å²) in [5.74, 6) is -0.306. The number of morpholine rings is 1. The third kappa shape index (κ3) is 4.53. The predicted octanol–water partition coefficient (Wildman–Crippen LogP) is -1.48. The van der Waals surface area contributed by atoms with Gasteiger partial charge in [-0.25, -0.2) is 0 Å². The topological polar surface area (TPSA) is 87.1 Å². The lowest BCUT2D eigenvalue weighted by molar-refractivity contribution is -0.144. The number of hydrogen-bond donors (Lipinski definition) is 2. The summed E-state index contributed by atoms with van der Waals surface area (Å²) in [5, 5.41) is 9.03. The van der Waals surface area contributed by atoms with Gasteiger partial charge in [0, 0.05) is 19.6 Å². The Morgan fingerprint density at radius 1 is 1.54 bits per heavy atom. The first kappa shape index (κ1) is 10.9. The molecule has 1 aliphatic rings. The van der Waals surface area contributed by atoms with Crippen LogP contribution in [-0.2, 0) is 14.9 Å². The maximum absolute atomic E-state index is 10.4. The van der Waals surface area contributed by atoms with Gasteiger partial charge in [0.1, 0.15) is 0 Å². The van der Waals surface area contributed by atoms with Gasteiger partial charge in [0.15, 0.2) is 6.29 Å². The van der Waals surface area contributed by atoms with Crippen LogP contribution in [0, 0.1) is 0 Å². The predicted molar refractivity (Wildman–Crippen MR) is 44.8 cm³/mol. The molecule has 0 unspecified atom stereocenters. The molecule has 2 N–H and O–H groups in total. The van der Waals surface area contributed by atoms with Crippen LogP contribution in [-0.4, -0.2) is 61.3 Å². The van der Waals surface area contributed by atoms with Crippen LogP contribution in [0.1, 0.15) is 0 Å². The van der Waals surface area contributed by atoms with Crippen molar-refractivity contribution in [3.05, 3.63) is 0 Å². The van der Waals surface area contributed by atoms with Gasteiger partial charge in [-0.3, -0.25) is 9.45 Å². The first-order valence-electron chi connectivity index (χ1n) is 3.94. The Hall–Kier alpha value is -0.210. The second-order valence-electron chi connectivity index (χ2n) is 2.91. The van der Waals surface area contributed by atoms with Crippen LogP contribution in [0.5, 0.6) is 0 Å². The molecule has 0 aromatic heterocycles. The molecule has 6 nitrogen and oxygen atoms in total. The number of hydrogen-bond acceptors (Lipinski definition) is 5. The highest BCUT2D eigenvalue weighted by Crippen LogP contribution is 2.02. The van der Waals surface area contributed by atoms with Crippen molar-refractivity contribution < 1.29 is 22.8 Å². The van der Waals surface area contributed by atoms with Gasteiger partial charge in [-0.15, -0.1) is 0 Å². The molecular weight excluding hydrogens is 198 g/mol. The van der Waals surface area contributed by atoms with Gasteiger partial charge in [0.2, 0.25) is 0 Å². The van der Waals surface area contributed by atoms with Crippen LogP contribution in [0.15, 0.2) is 0 Å². The van der Waals surface area contributed by atoms with Crippen LogP contribution < -0.4 is 0 Å². The van der Waals surface area contributed by atoms with E-state index in [2.05, 4.69) is 0 Å². The van der Waals surface area contributed by atoms with Gasteiger partial charge in [0.05, 0.1) is 12.4 Å². The Balaban J connectivity index is 2.29. The Morgan fingerprint density at radius 2 is 2.23 bits per heavy atom. The van der Waals surface area contributed by atoms with E-state index in [9.17, 15) is 8.42 Å². The van der Waals surface area contributed by atoms with Crippen molar-refractivity contribution in [2.24, 2.45) is 0 Å². The van der Waals surface area contributed by atoms with Crippen LogP contribution in [0.4, 0.5) is 0 Å². The van der Waals surface area contributed by atoms with Crippen molar-refractivity contribution in [3.63, 3.8) is 0 Å². The monoisotopic (exact) mass is 211 g/mol. The van der Waals surface area contributed by atoms with Crippen molar-refractivity contribution in [3.8, 4) is 0 Å². The minimum atomic E-state index is -3.91. The maximum Gasteiger partial charge on any atom is 0.266 e. The molecule has 1 heterocycles. The normalized spacial score (nSPS) is 26.2. The average Bonchev–Trinajstić information content (AvgIpc) is 2.00. The Morgan fingerprint density at radius 3 is 2.77 bits per heavy atom. The van der Waals surface area contributed by atoms with Crippen molar-refractivity contribution in [2.45, 2.75) is 6.29 Å². The van der Waals surface area contributed by atoms with Crippen molar-refractivity contribution in [2.75, 3.05) is 32.0 Å². The lowest BCUT2D eigenvalue weighted by Crippen LogP contribution is -2.44. The Kier molecular flexibility index (Phi) is 3.63. The molecular formula is C6H13NO5S. The Labute approximate surface area is 76.9 Å². The molecule has 0 radical (unpaired) electrons. The molecule has 0 amide bonds. The van der Waals surface area contributed by atoms with Crippen molar-refractivity contribution >= 4 is 10.1 Å². The summed E-state index contributed by atoms with van der Waals surface area (Å²) in [7, 11) is -3.91. The highest BCUT2D eigenvalue weighted by Gasteiger charge is 2.19. The maximum atomic E-state index is 10.4. The molecule has 0 aliphatic carbocycles. The van der Waals surface area contributed by atoms with Crippen molar-refractivity contribution in [1.29, 1.82) is 0 Å². The highest BCUT2D eigenvalue weighted by molar-refractivity contribution is 7.85. The molecule has 0 bridgehead atoms.